The van der Waals surface area contributed by atoms with Crippen molar-refractivity contribution in [3.63, 3.8) is 0 Å². The molecule has 0 bridgehead atoms. The van der Waals surface area contributed by atoms with Crippen LogP contribution >= 0.6 is 0 Å². The van der Waals surface area contributed by atoms with Crippen molar-refractivity contribution in [1.29, 1.82) is 0 Å². The van der Waals surface area contributed by atoms with E-state index in [9.17, 15) is 19.7 Å². The lowest BCUT2D eigenvalue weighted by atomic mass is 9.93. The van der Waals surface area contributed by atoms with E-state index in [1.165, 1.54) is 24.3 Å². The smallest absolute Gasteiger partial charge is 0.291 e. The average Bonchev–Trinajstić information content (AvgIpc) is 3.16. The zero-order valence-corrected chi connectivity index (χ0v) is 18.2. The summed E-state index contributed by atoms with van der Waals surface area (Å²) in [6.45, 7) is 3.71. The van der Waals surface area contributed by atoms with Gasteiger partial charge in [-0.2, -0.15) is 5.10 Å². The standard InChI is InChI=1S/C24H22N4O5/c1-14-6-3-4-7-18(14)25-24(30)22-15(2)21-19(8-5-9-20(21)33-22)26-27-23(29)16-10-12-17(13-11-16)28(31)32/h3-4,6-7,10-13H,5,8-9H2,1-2H3,(H,25,30)(H,27,29)/b26-19+. The van der Waals surface area contributed by atoms with Gasteiger partial charge >= 0.3 is 0 Å². The molecule has 33 heavy (non-hydrogen) atoms. The molecule has 168 valence electrons. The van der Waals surface area contributed by atoms with Crippen LogP contribution in [0.2, 0.25) is 0 Å². The molecule has 1 aromatic heterocycles. The van der Waals surface area contributed by atoms with E-state index in [-0.39, 0.29) is 22.9 Å². The lowest BCUT2D eigenvalue weighted by Gasteiger charge is -2.13. The third-order valence-electron chi connectivity index (χ3n) is 5.56. The summed E-state index contributed by atoms with van der Waals surface area (Å²) in [6, 6.07) is 12.8. The van der Waals surface area contributed by atoms with Crippen LogP contribution in [0, 0.1) is 24.0 Å². The summed E-state index contributed by atoms with van der Waals surface area (Å²) >= 11 is 0. The van der Waals surface area contributed by atoms with Crippen molar-refractivity contribution < 1.29 is 18.9 Å². The van der Waals surface area contributed by atoms with Crippen molar-refractivity contribution in [2.45, 2.75) is 33.1 Å². The van der Waals surface area contributed by atoms with Gasteiger partial charge in [-0.1, -0.05) is 18.2 Å². The number of anilines is 1. The van der Waals surface area contributed by atoms with Crippen LogP contribution in [0.15, 0.2) is 58.0 Å². The Morgan fingerprint density at radius 3 is 2.45 bits per heavy atom. The molecule has 0 saturated carbocycles. The molecule has 1 heterocycles. The Bertz CT molecular complexity index is 1270. The van der Waals surface area contributed by atoms with Gasteiger partial charge in [0.25, 0.3) is 17.5 Å². The first-order valence-electron chi connectivity index (χ1n) is 10.5. The van der Waals surface area contributed by atoms with E-state index in [2.05, 4.69) is 15.8 Å². The number of para-hydroxylation sites is 1. The van der Waals surface area contributed by atoms with Crippen LogP contribution in [0.5, 0.6) is 0 Å². The third kappa shape index (κ3) is 4.52. The third-order valence-corrected chi connectivity index (χ3v) is 5.56. The van der Waals surface area contributed by atoms with Crippen molar-refractivity contribution in [2.24, 2.45) is 5.10 Å². The number of nitro benzene ring substituents is 1. The van der Waals surface area contributed by atoms with Crippen molar-refractivity contribution in [3.05, 3.63) is 92.4 Å². The van der Waals surface area contributed by atoms with Gasteiger partial charge in [-0.05, 0) is 50.5 Å². The fourth-order valence-electron chi connectivity index (χ4n) is 3.81. The first kappa shape index (κ1) is 21.9. The van der Waals surface area contributed by atoms with Crippen LogP contribution in [0.3, 0.4) is 0 Å². The molecule has 0 spiro atoms. The van der Waals surface area contributed by atoms with Crippen LogP contribution in [0.25, 0.3) is 0 Å². The summed E-state index contributed by atoms with van der Waals surface area (Å²) in [5.41, 5.74) is 6.34. The Balaban J connectivity index is 1.55. The lowest BCUT2D eigenvalue weighted by Crippen LogP contribution is -2.22. The van der Waals surface area contributed by atoms with Gasteiger partial charge in [0.15, 0.2) is 5.76 Å². The topological polar surface area (TPSA) is 127 Å². The van der Waals surface area contributed by atoms with E-state index in [1.807, 2.05) is 31.2 Å². The number of amides is 2. The highest BCUT2D eigenvalue weighted by Gasteiger charge is 2.28. The predicted octanol–water partition coefficient (Wildman–Crippen LogP) is 4.53. The number of hydrogen-bond acceptors (Lipinski definition) is 6. The quantitative estimate of drug-likeness (QED) is 0.440. The minimum atomic E-state index is -0.528. The van der Waals surface area contributed by atoms with Crippen LogP contribution in [0.1, 0.15) is 56.2 Å². The van der Waals surface area contributed by atoms with Crippen molar-refractivity contribution in [1.82, 2.24) is 5.43 Å². The highest BCUT2D eigenvalue weighted by Crippen LogP contribution is 2.30. The second-order valence-corrected chi connectivity index (χ2v) is 7.78. The molecule has 0 saturated heterocycles. The first-order chi connectivity index (χ1) is 15.8. The molecule has 9 nitrogen and oxygen atoms in total. The number of benzene rings is 2. The maximum atomic E-state index is 12.9. The Morgan fingerprint density at radius 1 is 1.03 bits per heavy atom. The summed E-state index contributed by atoms with van der Waals surface area (Å²) in [6.07, 6.45) is 2.06. The summed E-state index contributed by atoms with van der Waals surface area (Å²) < 4.78 is 5.90. The molecule has 0 fully saturated rings. The number of aryl methyl sites for hydroxylation is 2. The second-order valence-electron chi connectivity index (χ2n) is 7.78. The van der Waals surface area contributed by atoms with Crippen LogP contribution in [-0.2, 0) is 6.42 Å². The number of hydrazone groups is 1. The minimum absolute atomic E-state index is 0.0969. The van der Waals surface area contributed by atoms with Gasteiger partial charge in [0.2, 0.25) is 0 Å². The monoisotopic (exact) mass is 446 g/mol. The molecule has 0 atom stereocenters. The van der Waals surface area contributed by atoms with Crippen LogP contribution < -0.4 is 10.7 Å². The Hall–Kier alpha value is -4.27. The maximum absolute atomic E-state index is 12.9. The largest absolute Gasteiger partial charge is 0.455 e. The van der Waals surface area contributed by atoms with Gasteiger partial charge < -0.3 is 9.73 Å². The maximum Gasteiger partial charge on any atom is 0.291 e. The highest BCUT2D eigenvalue weighted by molar-refractivity contribution is 6.09. The number of nitrogens with zero attached hydrogens (tertiary/aromatic N) is 2. The molecular formula is C24H22N4O5. The number of non-ortho nitro benzene ring substituents is 1. The Morgan fingerprint density at radius 2 is 1.76 bits per heavy atom. The van der Waals surface area contributed by atoms with E-state index in [0.29, 0.717) is 35.6 Å². The number of furan rings is 1. The van der Waals surface area contributed by atoms with Gasteiger partial charge in [-0.3, -0.25) is 19.7 Å². The molecule has 0 radical (unpaired) electrons. The molecule has 2 amide bonds. The summed E-state index contributed by atoms with van der Waals surface area (Å²) in [7, 11) is 0. The minimum Gasteiger partial charge on any atom is -0.455 e. The van der Waals surface area contributed by atoms with E-state index >= 15 is 0 Å². The molecule has 3 aromatic rings. The van der Waals surface area contributed by atoms with Crippen molar-refractivity contribution in [2.75, 3.05) is 5.32 Å². The zero-order valence-electron chi connectivity index (χ0n) is 18.2. The summed E-state index contributed by atoms with van der Waals surface area (Å²) in [5.74, 6) is 0.0604. The number of nitro groups is 1. The van der Waals surface area contributed by atoms with Gasteiger partial charge in [-0.25, -0.2) is 5.43 Å². The molecule has 1 aliphatic rings. The number of carbonyl (C=O) groups is 2. The number of carbonyl (C=O) groups excluding carboxylic acids is 2. The molecule has 0 unspecified atom stereocenters. The van der Waals surface area contributed by atoms with Gasteiger partial charge in [0, 0.05) is 40.9 Å². The van der Waals surface area contributed by atoms with Crippen LogP contribution in [-0.4, -0.2) is 22.4 Å². The first-order valence-corrected chi connectivity index (χ1v) is 10.5. The lowest BCUT2D eigenvalue weighted by molar-refractivity contribution is -0.384. The number of fused-ring (bicyclic) bond motifs is 1. The van der Waals surface area contributed by atoms with E-state index in [4.69, 9.17) is 4.42 Å². The van der Waals surface area contributed by atoms with Gasteiger partial charge in [-0.15, -0.1) is 0 Å². The predicted molar refractivity (Wildman–Crippen MR) is 123 cm³/mol. The van der Waals surface area contributed by atoms with E-state index in [0.717, 1.165) is 17.5 Å². The molecular weight excluding hydrogens is 424 g/mol. The second kappa shape index (κ2) is 9.07. The van der Waals surface area contributed by atoms with Crippen LogP contribution in [0.4, 0.5) is 11.4 Å². The molecule has 0 aliphatic heterocycles. The zero-order chi connectivity index (χ0) is 23.5. The van der Waals surface area contributed by atoms with Crippen molar-refractivity contribution in [3.8, 4) is 0 Å². The fraction of sp³-hybridized carbons (Fsp3) is 0.208. The Kier molecular flexibility index (Phi) is 6.03. The normalized spacial score (nSPS) is 13.9. The van der Waals surface area contributed by atoms with Gasteiger partial charge in [0.1, 0.15) is 5.76 Å². The molecule has 2 N–H and O–H groups in total. The number of rotatable bonds is 5. The van der Waals surface area contributed by atoms with E-state index in [1.54, 1.807) is 6.92 Å². The average molecular weight is 446 g/mol. The molecule has 2 aromatic carbocycles. The van der Waals surface area contributed by atoms with E-state index < -0.39 is 10.8 Å². The number of nitrogens with one attached hydrogen (secondary N) is 2. The molecule has 9 heteroatoms. The van der Waals surface area contributed by atoms with Gasteiger partial charge in [0.05, 0.1) is 10.6 Å². The summed E-state index contributed by atoms with van der Waals surface area (Å²) in [4.78, 5) is 35.6. The van der Waals surface area contributed by atoms with Crippen molar-refractivity contribution >= 4 is 28.9 Å². The SMILES string of the molecule is Cc1ccccc1NC(=O)c1oc2c(c1C)/C(=N/NC(=O)c1ccc([N+](=O)[O-])cc1)CCC2. The number of hydrogen-bond donors (Lipinski definition) is 2. The molecule has 4 rings (SSSR count). The molecule has 1 aliphatic carbocycles. The highest BCUT2D eigenvalue weighted by atomic mass is 16.6. The summed E-state index contributed by atoms with van der Waals surface area (Å²) in [5, 5.41) is 17.9. The fourth-order valence-corrected chi connectivity index (χ4v) is 3.81. The Labute approximate surface area is 189 Å².